The first-order valence-corrected chi connectivity index (χ1v) is 4.49. The number of rotatable bonds is 2. The van der Waals surface area contributed by atoms with Crippen molar-refractivity contribution >= 4 is 0 Å². The fraction of sp³-hybridized carbons (Fsp3) is 0.333. The van der Waals surface area contributed by atoms with Crippen LogP contribution in [0, 0.1) is 11.8 Å². The fourth-order valence-corrected chi connectivity index (χ4v) is 1.30. The Balaban J connectivity index is 2.90. The minimum absolute atomic E-state index is 0.297. The van der Waals surface area contributed by atoms with E-state index in [1.165, 1.54) is 5.56 Å². The molecule has 1 aromatic rings. The molecule has 0 aliphatic carbocycles. The third kappa shape index (κ3) is 2.52. The van der Waals surface area contributed by atoms with Gasteiger partial charge in [0.1, 0.15) is 5.75 Å². The summed E-state index contributed by atoms with van der Waals surface area (Å²) < 4.78 is 0. The zero-order valence-corrected chi connectivity index (χ0v) is 8.04. The molecule has 68 valence electrons. The summed E-state index contributed by atoms with van der Waals surface area (Å²) in [5, 5.41) is 9.11. The first-order chi connectivity index (χ1) is 6.27. The summed E-state index contributed by atoms with van der Waals surface area (Å²) in [4.78, 5) is 0. The number of benzene rings is 1. The molecule has 1 rings (SSSR count). The third-order valence-electron chi connectivity index (χ3n) is 2.02. The number of hydrogen-bond donors (Lipinski definition) is 1. The maximum atomic E-state index is 9.11. The fourth-order valence-electron chi connectivity index (χ4n) is 1.30. The second-order valence-electron chi connectivity index (χ2n) is 2.95. The van der Waals surface area contributed by atoms with Gasteiger partial charge in [-0.25, -0.2) is 0 Å². The summed E-state index contributed by atoms with van der Waals surface area (Å²) >= 11 is 0. The van der Waals surface area contributed by atoms with Gasteiger partial charge in [0, 0.05) is 5.92 Å². The van der Waals surface area contributed by atoms with Gasteiger partial charge in [-0.2, -0.15) is 0 Å². The molecule has 0 heterocycles. The minimum Gasteiger partial charge on any atom is -0.508 e. The van der Waals surface area contributed by atoms with Crippen molar-refractivity contribution in [2.24, 2.45) is 0 Å². The number of hydrogen-bond acceptors (Lipinski definition) is 1. The number of aromatic hydroxyl groups is 1. The Bertz CT molecular complexity index is 313. The summed E-state index contributed by atoms with van der Waals surface area (Å²) in [7, 11) is 0. The average Bonchev–Trinajstić information content (AvgIpc) is 2.16. The molecule has 0 fully saturated rings. The highest BCUT2D eigenvalue weighted by molar-refractivity contribution is 5.32. The first kappa shape index (κ1) is 9.67. The highest BCUT2D eigenvalue weighted by Gasteiger charge is 2.04. The van der Waals surface area contributed by atoms with E-state index < -0.39 is 0 Å². The Morgan fingerprint density at radius 1 is 1.31 bits per heavy atom. The van der Waals surface area contributed by atoms with Crippen molar-refractivity contribution in [2.45, 2.75) is 26.2 Å². The van der Waals surface area contributed by atoms with Crippen LogP contribution < -0.4 is 0 Å². The van der Waals surface area contributed by atoms with Crippen LogP contribution in [0.1, 0.15) is 31.7 Å². The molecule has 1 heteroatoms. The molecule has 0 bridgehead atoms. The summed E-state index contributed by atoms with van der Waals surface area (Å²) in [6.45, 7) is 3.96. The molecule has 0 aliphatic rings. The lowest BCUT2D eigenvalue weighted by Crippen LogP contribution is -1.92. The van der Waals surface area contributed by atoms with E-state index >= 15 is 0 Å². The molecular weight excluding hydrogens is 160 g/mol. The van der Waals surface area contributed by atoms with Crippen molar-refractivity contribution in [3.8, 4) is 17.6 Å². The standard InChI is InChI=1S/C12H14O/c1-3-5-10(4-2)11-6-8-12(13)9-7-11/h6-10,13H,4H2,1-2H3/t10-/m1/s1. The highest BCUT2D eigenvalue weighted by Crippen LogP contribution is 2.20. The molecular formula is C12H14O. The van der Waals surface area contributed by atoms with Gasteiger partial charge >= 0.3 is 0 Å². The van der Waals surface area contributed by atoms with Gasteiger partial charge < -0.3 is 5.11 Å². The van der Waals surface area contributed by atoms with Crippen LogP contribution in [0.5, 0.6) is 5.75 Å². The van der Waals surface area contributed by atoms with E-state index in [1.54, 1.807) is 12.1 Å². The van der Waals surface area contributed by atoms with Gasteiger partial charge in [0.15, 0.2) is 0 Å². The molecule has 0 aliphatic heterocycles. The lowest BCUT2D eigenvalue weighted by atomic mass is 9.97. The van der Waals surface area contributed by atoms with Gasteiger partial charge in [-0.05, 0) is 31.0 Å². The van der Waals surface area contributed by atoms with Gasteiger partial charge in [0.25, 0.3) is 0 Å². The van der Waals surface area contributed by atoms with E-state index in [1.807, 2.05) is 19.1 Å². The Hall–Kier alpha value is -1.42. The van der Waals surface area contributed by atoms with Crippen LogP contribution in [0.3, 0.4) is 0 Å². The molecule has 0 amide bonds. The topological polar surface area (TPSA) is 20.2 Å². The van der Waals surface area contributed by atoms with Crippen LogP contribution in [0.15, 0.2) is 24.3 Å². The van der Waals surface area contributed by atoms with E-state index in [0.29, 0.717) is 11.7 Å². The zero-order valence-electron chi connectivity index (χ0n) is 8.04. The Labute approximate surface area is 79.4 Å². The predicted octanol–water partition coefficient (Wildman–Crippen LogP) is 2.91. The molecule has 1 nitrogen and oxygen atoms in total. The summed E-state index contributed by atoms with van der Waals surface area (Å²) in [5.74, 6) is 6.66. The first-order valence-electron chi connectivity index (χ1n) is 4.49. The van der Waals surface area contributed by atoms with Crippen LogP contribution in [0.2, 0.25) is 0 Å². The lowest BCUT2D eigenvalue weighted by Gasteiger charge is -2.07. The van der Waals surface area contributed by atoms with Crippen LogP contribution in [0.25, 0.3) is 0 Å². The van der Waals surface area contributed by atoms with Crippen molar-refractivity contribution in [3.63, 3.8) is 0 Å². The summed E-state index contributed by atoms with van der Waals surface area (Å²) in [5.41, 5.74) is 1.18. The molecule has 0 aromatic heterocycles. The van der Waals surface area contributed by atoms with E-state index in [0.717, 1.165) is 6.42 Å². The maximum absolute atomic E-state index is 9.11. The van der Waals surface area contributed by atoms with Crippen LogP contribution in [-0.2, 0) is 0 Å². The normalized spacial score (nSPS) is 11.5. The van der Waals surface area contributed by atoms with Gasteiger partial charge in [0.05, 0.1) is 0 Å². The summed E-state index contributed by atoms with van der Waals surface area (Å²) in [6.07, 6.45) is 1.01. The highest BCUT2D eigenvalue weighted by atomic mass is 16.3. The SMILES string of the molecule is CC#C[C@@H](CC)c1ccc(O)cc1. The van der Waals surface area contributed by atoms with Gasteiger partial charge in [-0.3, -0.25) is 0 Å². The Morgan fingerprint density at radius 2 is 1.92 bits per heavy atom. The molecule has 13 heavy (non-hydrogen) atoms. The average molecular weight is 174 g/mol. The molecule has 1 aromatic carbocycles. The predicted molar refractivity (Wildman–Crippen MR) is 54.6 cm³/mol. The van der Waals surface area contributed by atoms with Gasteiger partial charge in [-0.15, -0.1) is 5.92 Å². The van der Waals surface area contributed by atoms with Crippen molar-refractivity contribution < 1.29 is 5.11 Å². The molecule has 0 saturated carbocycles. The third-order valence-corrected chi connectivity index (χ3v) is 2.02. The smallest absolute Gasteiger partial charge is 0.115 e. The zero-order chi connectivity index (χ0) is 9.68. The van der Waals surface area contributed by atoms with Crippen LogP contribution >= 0.6 is 0 Å². The molecule has 0 unspecified atom stereocenters. The minimum atomic E-state index is 0.297. The van der Waals surface area contributed by atoms with Gasteiger partial charge in [-0.1, -0.05) is 25.0 Å². The molecule has 1 N–H and O–H groups in total. The second-order valence-corrected chi connectivity index (χ2v) is 2.95. The second kappa shape index (κ2) is 4.57. The van der Waals surface area contributed by atoms with Crippen molar-refractivity contribution in [1.29, 1.82) is 0 Å². The number of phenols is 1. The quantitative estimate of drug-likeness (QED) is 0.683. The Morgan fingerprint density at radius 3 is 2.38 bits per heavy atom. The van der Waals surface area contributed by atoms with Crippen LogP contribution in [0.4, 0.5) is 0 Å². The van der Waals surface area contributed by atoms with E-state index in [4.69, 9.17) is 5.11 Å². The number of phenolic OH excluding ortho intramolecular Hbond substituents is 1. The largest absolute Gasteiger partial charge is 0.508 e. The van der Waals surface area contributed by atoms with Gasteiger partial charge in [0.2, 0.25) is 0 Å². The Kier molecular flexibility index (Phi) is 3.40. The lowest BCUT2D eigenvalue weighted by molar-refractivity contribution is 0.475. The summed E-state index contributed by atoms with van der Waals surface area (Å²) in [6, 6.07) is 7.26. The molecule has 1 atom stereocenters. The van der Waals surface area contributed by atoms with E-state index in [2.05, 4.69) is 18.8 Å². The van der Waals surface area contributed by atoms with E-state index in [9.17, 15) is 0 Å². The maximum Gasteiger partial charge on any atom is 0.115 e. The van der Waals surface area contributed by atoms with Crippen LogP contribution in [-0.4, -0.2) is 5.11 Å². The molecule has 0 saturated heterocycles. The molecule has 0 spiro atoms. The van der Waals surface area contributed by atoms with Crippen molar-refractivity contribution in [3.05, 3.63) is 29.8 Å². The monoisotopic (exact) mass is 174 g/mol. The van der Waals surface area contributed by atoms with E-state index in [-0.39, 0.29) is 0 Å². The van der Waals surface area contributed by atoms with Crippen molar-refractivity contribution in [2.75, 3.05) is 0 Å². The molecule has 0 radical (unpaired) electrons. The van der Waals surface area contributed by atoms with Crippen molar-refractivity contribution in [1.82, 2.24) is 0 Å².